The van der Waals surface area contributed by atoms with Crippen LogP contribution in [0.5, 0.6) is 0 Å². The predicted octanol–water partition coefficient (Wildman–Crippen LogP) is -0.160. The number of hydrogen-bond donors (Lipinski definition) is 2. The number of rotatable bonds is 3. The van der Waals surface area contributed by atoms with Gasteiger partial charge in [-0.25, -0.2) is 0 Å². The normalized spacial score (nSPS) is 24.9. The van der Waals surface area contributed by atoms with E-state index in [0.717, 1.165) is 13.1 Å². The van der Waals surface area contributed by atoms with Crippen LogP contribution >= 0.6 is 0 Å². The monoisotopic (exact) mass is 159 g/mol. The number of aliphatic carboxylic acids is 1. The van der Waals surface area contributed by atoms with Crippen LogP contribution in [0.25, 0.3) is 0 Å². The summed E-state index contributed by atoms with van der Waals surface area (Å²) in [5.74, 6) is -0.751. The standard InChI is InChI=1S/C7H13NO3/c9-7(10)2-1-6-5-8-3-4-11-6/h6,8H,1-5H2,(H,9,10)/t6-/m0/s1. The predicted molar refractivity (Wildman–Crippen MR) is 39.5 cm³/mol. The average Bonchev–Trinajstić information content (AvgIpc) is 2.03. The molecule has 4 nitrogen and oxygen atoms in total. The molecule has 0 aromatic rings. The zero-order chi connectivity index (χ0) is 8.10. The Morgan fingerprint density at radius 1 is 1.73 bits per heavy atom. The van der Waals surface area contributed by atoms with Crippen molar-refractivity contribution in [1.82, 2.24) is 5.32 Å². The highest BCUT2D eigenvalue weighted by atomic mass is 16.5. The molecule has 1 atom stereocenters. The highest BCUT2D eigenvalue weighted by Crippen LogP contribution is 2.03. The molecule has 4 heteroatoms. The minimum absolute atomic E-state index is 0.0971. The lowest BCUT2D eigenvalue weighted by atomic mass is 10.2. The van der Waals surface area contributed by atoms with Gasteiger partial charge in [0.15, 0.2) is 0 Å². The SMILES string of the molecule is O=C(O)CC[C@H]1CNCCO1. The van der Waals surface area contributed by atoms with Crippen LogP contribution in [0.4, 0.5) is 0 Å². The fraction of sp³-hybridized carbons (Fsp3) is 0.857. The molecule has 0 spiro atoms. The molecule has 1 heterocycles. The van der Waals surface area contributed by atoms with Gasteiger partial charge in [0.1, 0.15) is 0 Å². The summed E-state index contributed by atoms with van der Waals surface area (Å²) < 4.78 is 5.30. The van der Waals surface area contributed by atoms with E-state index in [-0.39, 0.29) is 12.5 Å². The highest BCUT2D eigenvalue weighted by molar-refractivity contribution is 5.66. The fourth-order valence-corrected chi connectivity index (χ4v) is 1.09. The van der Waals surface area contributed by atoms with E-state index in [2.05, 4.69) is 5.32 Å². The lowest BCUT2D eigenvalue weighted by Crippen LogP contribution is -2.38. The first-order chi connectivity index (χ1) is 5.29. The van der Waals surface area contributed by atoms with Gasteiger partial charge in [0, 0.05) is 19.5 Å². The topological polar surface area (TPSA) is 58.6 Å². The number of morpholine rings is 1. The summed E-state index contributed by atoms with van der Waals surface area (Å²) in [5.41, 5.74) is 0. The van der Waals surface area contributed by atoms with E-state index in [1.54, 1.807) is 0 Å². The molecule has 1 aliphatic heterocycles. The summed E-state index contributed by atoms with van der Waals surface area (Å²) in [6.45, 7) is 2.36. The van der Waals surface area contributed by atoms with Crippen molar-refractivity contribution in [3.63, 3.8) is 0 Å². The zero-order valence-corrected chi connectivity index (χ0v) is 6.38. The van der Waals surface area contributed by atoms with E-state index in [0.29, 0.717) is 13.0 Å². The Morgan fingerprint density at radius 2 is 2.55 bits per heavy atom. The molecule has 1 aliphatic rings. The van der Waals surface area contributed by atoms with Crippen molar-refractivity contribution >= 4 is 5.97 Å². The van der Waals surface area contributed by atoms with Crippen LogP contribution in [0.15, 0.2) is 0 Å². The van der Waals surface area contributed by atoms with Gasteiger partial charge in [-0.15, -0.1) is 0 Å². The van der Waals surface area contributed by atoms with E-state index in [1.165, 1.54) is 0 Å². The number of ether oxygens (including phenoxy) is 1. The molecule has 0 aliphatic carbocycles. The van der Waals surface area contributed by atoms with Crippen LogP contribution in [0.1, 0.15) is 12.8 Å². The molecule has 1 rings (SSSR count). The number of carboxylic acids is 1. The molecule has 2 N–H and O–H groups in total. The number of carboxylic acid groups (broad SMARTS) is 1. The second-order valence-electron chi connectivity index (χ2n) is 2.63. The third-order valence-electron chi connectivity index (χ3n) is 1.68. The molecule has 0 aromatic carbocycles. The van der Waals surface area contributed by atoms with E-state index in [9.17, 15) is 4.79 Å². The summed E-state index contributed by atoms with van der Waals surface area (Å²) in [7, 11) is 0. The zero-order valence-electron chi connectivity index (χ0n) is 6.38. The van der Waals surface area contributed by atoms with Gasteiger partial charge in [-0.3, -0.25) is 4.79 Å². The molecule has 0 amide bonds. The molecular weight excluding hydrogens is 146 g/mol. The minimum atomic E-state index is -0.751. The maximum Gasteiger partial charge on any atom is 0.303 e. The van der Waals surface area contributed by atoms with Crippen molar-refractivity contribution in [1.29, 1.82) is 0 Å². The maximum atomic E-state index is 10.2. The smallest absolute Gasteiger partial charge is 0.303 e. The van der Waals surface area contributed by atoms with Crippen molar-refractivity contribution in [2.45, 2.75) is 18.9 Å². The molecule has 1 fully saturated rings. The van der Waals surface area contributed by atoms with Crippen molar-refractivity contribution in [3.8, 4) is 0 Å². The summed E-state index contributed by atoms with van der Waals surface area (Å²) >= 11 is 0. The quantitative estimate of drug-likeness (QED) is 0.600. The molecule has 0 unspecified atom stereocenters. The second-order valence-corrected chi connectivity index (χ2v) is 2.63. The van der Waals surface area contributed by atoms with Crippen molar-refractivity contribution in [2.24, 2.45) is 0 Å². The van der Waals surface area contributed by atoms with Gasteiger partial charge >= 0.3 is 5.97 Å². The Hall–Kier alpha value is -0.610. The summed E-state index contributed by atoms with van der Waals surface area (Å²) in [6, 6.07) is 0. The summed E-state index contributed by atoms with van der Waals surface area (Å²) in [6.07, 6.45) is 0.911. The number of carbonyl (C=O) groups is 1. The van der Waals surface area contributed by atoms with Gasteiger partial charge in [-0.1, -0.05) is 0 Å². The highest BCUT2D eigenvalue weighted by Gasteiger charge is 2.13. The first-order valence-corrected chi connectivity index (χ1v) is 3.83. The molecule has 0 aromatic heterocycles. The molecule has 1 saturated heterocycles. The van der Waals surface area contributed by atoms with E-state index in [4.69, 9.17) is 9.84 Å². The Bertz CT molecular complexity index is 132. The van der Waals surface area contributed by atoms with Crippen molar-refractivity contribution in [2.75, 3.05) is 19.7 Å². The Labute approximate surface area is 65.5 Å². The van der Waals surface area contributed by atoms with Gasteiger partial charge in [-0.2, -0.15) is 0 Å². The third-order valence-corrected chi connectivity index (χ3v) is 1.68. The first kappa shape index (κ1) is 8.49. The van der Waals surface area contributed by atoms with Gasteiger partial charge in [0.2, 0.25) is 0 Å². The lowest BCUT2D eigenvalue weighted by Gasteiger charge is -2.22. The van der Waals surface area contributed by atoms with Gasteiger partial charge in [0.05, 0.1) is 12.7 Å². The number of hydrogen-bond acceptors (Lipinski definition) is 3. The molecule has 11 heavy (non-hydrogen) atoms. The Kier molecular flexibility index (Phi) is 3.32. The van der Waals surface area contributed by atoms with E-state index >= 15 is 0 Å². The van der Waals surface area contributed by atoms with Crippen molar-refractivity contribution < 1.29 is 14.6 Å². The van der Waals surface area contributed by atoms with Gasteiger partial charge < -0.3 is 15.2 Å². The second kappa shape index (κ2) is 4.31. The fourth-order valence-electron chi connectivity index (χ4n) is 1.09. The maximum absolute atomic E-state index is 10.2. The Balaban J connectivity index is 2.09. The largest absolute Gasteiger partial charge is 0.481 e. The third kappa shape index (κ3) is 3.34. The lowest BCUT2D eigenvalue weighted by molar-refractivity contribution is -0.138. The van der Waals surface area contributed by atoms with E-state index < -0.39 is 5.97 Å². The van der Waals surface area contributed by atoms with Crippen LogP contribution in [0.2, 0.25) is 0 Å². The van der Waals surface area contributed by atoms with Crippen LogP contribution in [0.3, 0.4) is 0 Å². The summed E-state index contributed by atoms with van der Waals surface area (Å²) in [4.78, 5) is 10.2. The van der Waals surface area contributed by atoms with Crippen LogP contribution in [0, 0.1) is 0 Å². The first-order valence-electron chi connectivity index (χ1n) is 3.83. The van der Waals surface area contributed by atoms with Crippen LogP contribution in [-0.4, -0.2) is 36.9 Å². The average molecular weight is 159 g/mol. The van der Waals surface area contributed by atoms with Gasteiger partial charge in [0.25, 0.3) is 0 Å². The molecule has 64 valence electrons. The van der Waals surface area contributed by atoms with Gasteiger partial charge in [-0.05, 0) is 6.42 Å². The Morgan fingerprint density at radius 3 is 3.09 bits per heavy atom. The summed E-state index contributed by atoms with van der Waals surface area (Å²) in [5, 5.41) is 11.5. The van der Waals surface area contributed by atoms with E-state index in [1.807, 2.05) is 0 Å². The van der Waals surface area contributed by atoms with Crippen molar-refractivity contribution in [3.05, 3.63) is 0 Å². The number of nitrogens with one attached hydrogen (secondary N) is 1. The minimum Gasteiger partial charge on any atom is -0.481 e. The molecular formula is C7H13NO3. The van der Waals surface area contributed by atoms with Crippen LogP contribution in [-0.2, 0) is 9.53 Å². The molecule has 0 radical (unpaired) electrons. The molecule has 0 saturated carbocycles. The van der Waals surface area contributed by atoms with Crippen LogP contribution < -0.4 is 5.32 Å². The molecule has 0 bridgehead atoms.